The molecule has 18 heavy (non-hydrogen) atoms. The van der Waals surface area contributed by atoms with Crippen LogP contribution >= 0.6 is 0 Å². The van der Waals surface area contributed by atoms with Crippen LogP contribution in [0.15, 0.2) is 23.0 Å². The first kappa shape index (κ1) is 12.4. The molecule has 0 saturated heterocycles. The summed E-state index contributed by atoms with van der Waals surface area (Å²) < 4.78 is 42.7. The van der Waals surface area contributed by atoms with Crippen molar-refractivity contribution in [3.63, 3.8) is 0 Å². The van der Waals surface area contributed by atoms with Gasteiger partial charge in [-0.05, 0) is 19.1 Å². The highest BCUT2D eigenvalue weighted by molar-refractivity contribution is 5.75. The van der Waals surface area contributed by atoms with E-state index in [4.69, 9.17) is 4.74 Å². The van der Waals surface area contributed by atoms with Crippen molar-refractivity contribution in [3.05, 3.63) is 34.2 Å². The molecule has 0 aliphatic carbocycles. The molecule has 96 valence electrons. The lowest BCUT2D eigenvalue weighted by atomic mass is 10.2. The normalized spacial score (nSPS) is 11.8. The summed E-state index contributed by atoms with van der Waals surface area (Å²) in [7, 11) is 0. The minimum atomic E-state index is -4.77. The number of benzene rings is 1. The van der Waals surface area contributed by atoms with Crippen LogP contribution in [-0.2, 0) is 6.18 Å². The number of H-pyrrole nitrogens is 1. The molecule has 0 unspecified atom stereocenters. The molecule has 0 amide bonds. The lowest BCUT2D eigenvalue weighted by molar-refractivity contribution is -0.142. The number of alkyl halides is 3. The molecule has 2 rings (SSSR count). The van der Waals surface area contributed by atoms with Crippen molar-refractivity contribution in [3.8, 4) is 5.75 Å². The minimum absolute atomic E-state index is 0.0351. The van der Waals surface area contributed by atoms with Crippen LogP contribution in [0.4, 0.5) is 13.2 Å². The van der Waals surface area contributed by atoms with Gasteiger partial charge in [0.2, 0.25) is 5.69 Å². The number of fused-ring (bicyclic) bond motifs is 1. The van der Waals surface area contributed by atoms with E-state index < -0.39 is 17.4 Å². The molecule has 1 aromatic carbocycles. The predicted octanol–water partition coefficient (Wildman–Crippen LogP) is 2.34. The Hall–Kier alpha value is -2.05. The summed E-state index contributed by atoms with van der Waals surface area (Å²) >= 11 is 0. The molecule has 0 saturated carbocycles. The number of nitrogens with one attached hydrogen (secondary N) is 1. The molecule has 0 bridgehead atoms. The van der Waals surface area contributed by atoms with E-state index in [9.17, 15) is 18.0 Å². The molecule has 2 aromatic rings. The molecule has 0 atom stereocenters. The SMILES string of the molecule is CCOc1ccc2[nH]c(=O)c(C(F)(F)F)nc2c1. The van der Waals surface area contributed by atoms with Crippen LogP contribution in [0.1, 0.15) is 12.6 Å². The number of aromatic amines is 1. The van der Waals surface area contributed by atoms with Gasteiger partial charge in [-0.15, -0.1) is 0 Å². The number of nitrogens with zero attached hydrogens (tertiary/aromatic N) is 1. The summed E-state index contributed by atoms with van der Waals surface area (Å²) in [6.07, 6.45) is -4.77. The molecule has 0 radical (unpaired) electrons. The molecule has 4 nitrogen and oxygen atoms in total. The number of aromatic nitrogens is 2. The lowest BCUT2D eigenvalue weighted by Gasteiger charge is -2.07. The predicted molar refractivity (Wildman–Crippen MR) is 58.5 cm³/mol. The van der Waals surface area contributed by atoms with Gasteiger partial charge in [0.25, 0.3) is 5.56 Å². The van der Waals surface area contributed by atoms with E-state index in [1.54, 1.807) is 13.0 Å². The van der Waals surface area contributed by atoms with E-state index in [-0.39, 0.29) is 11.0 Å². The van der Waals surface area contributed by atoms with Crippen LogP contribution < -0.4 is 10.3 Å². The van der Waals surface area contributed by atoms with Gasteiger partial charge in [0, 0.05) is 6.07 Å². The Kier molecular flexibility index (Phi) is 2.98. The monoisotopic (exact) mass is 258 g/mol. The highest BCUT2D eigenvalue weighted by atomic mass is 19.4. The zero-order valence-corrected chi connectivity index (χ0v) is 9.34. The fourth-order valence-corrected chi connectivity index (χ4v) is 1.51. The van der Waals surface area contributed by atoms with Gasteiger partial charge in [0.05, 0.1) is 17.6 Å². The zero-order chi connectivity index (χ0) is 13.3. The fourth-order valence-electron chi connectivity index (χ4n) is 1.51. The molecule has 0 spiro atoms. The Morgan fingerprint density at radius 1 is 1.39 bits per heavy atom. The summed E-state index contributed by atoms with van der Waals surface area (Å²) in [5, 5.41) is 0. The van der Waals surface area contributed by atoms with E-state index in [0.29, 0.717) is 12.4 Å². The molecule has 0 fully saturated rings. The van der Waals surface area contributed by atoms with Crippen molar-refractivity contribution in [1.82, 2.24) is 9.97 Å². The molecule has 0 aliphatic heterocycles. The molecular formula is C11H9F3N2O2. The van der Waals surface area contributed by atoms with Crippen LogP contribution in [0.2, 0.25) is 0 Å². The van der Waals surface area contributed by atoms with E-state index >= 15 is 0 Å². The van der Waals surface area contributed by atoms with Crippen LogP contribution in [0.5, 0.6) is 5.75 Å². The Balaban J connectivity index is 2.63. The number of rotatable bonds is 2. The van der Waals surface area contributed by atoms with E-state index in [0.717, 1.165) is 0 Å². The smallest absolute Gasteiger partial charge is 0.438 e. The third kappa shape index (κ3) is 2.29. The second-order valence-electron chi connectivity index (χ2n) is 3.52. The second-order valence-corrected chi connectivity index (χ2v) is 3.52. The first-order chi connectivity index (χ1) is 8.41. The van der Waals surface area contributed by atoms with E-state index in [2.05, 4.69) is 9.97 Å². The average molecular weight is 258 g/mol. The van der Waals surface area contributed by atoms with Gasteiger partial charge in [0.1, 0.15) is 5.75 Å². The van der Waals surface area contributed by atoms with Crippen molar-refractivity contribution >= 4 is 11.0 Å². The Morgan fingerprint density at radius 2 is 2.11 bits per heavy atom. The van der Waals surface area contributed by atoms with Gasteiger partial charge < -0.3 is 9.72 Å². The summed E-state index contributed by atoms with van der Waals surface area (Å²) in [6, 6.07) is 4.36. The number of halogens is 3. The third-order valence-electron chi connectivity index (χ3n) is 2.24. The molecule has 0 aliphatic rings. The number of hydrogen-bond acceptors (Lipinski definition) is 3. The lowest BCUT2D eigenvalue weighted by Crippen LogP contribution is -2.23. The Bertz CT molecular complexity index is 634. The average Bonchev–Trinajstić information content (AvgIpc) is 2.27. The highest BCUT2D eigenvalue weighted by Gasteiger charge is 2.36. The first-order valence-corrected chi connectivity index (χ1v) is 5.16. The van der Waals surface area contributed by atoms with E-state index in [1.165, 1.54) is 12.1 Å². The van der Waals surface area contributed by atoms with Crippen LogP contribution in [0.3, 0.4) is 0 Å². The zero-order valence-electron chi connectivity index (χ0n) is 9.34. The summed E-state index contributed by atoms with van der Waals surface area (Å²) in [5.74, 6) is 0.401. The standard InChI is InChI=1S/C11H9F3N2O2/c1-2-18-6-3-4-7-8(5-6)15-9(10(17)16-7)11(12,13)14/h3-5H,2H2,1H3,(H,16,17). The topological polar surface area (TPSA) is 55.0 Å². The maximum absolute atomic E-state index is 12.5. The summed E-state index contributed by atoms with van der Waals surface area (Å²) in [5.41, 5.74) is -2.44. The number of hydrogen-bond donors (Lipinski definition) is 1. The highest BCUT2D eigenvalue weighted by Crippen LogP contribution is 2.26. The van der Waals surface area contributed by atoms with Crippen molar-refractivity contribution < 1.29 is 17.9 Å². The molecule has 7 heteroatoms. The Labute approximate surface area is 99.4 Å². The largest absolute Gasteiger partial charge is 0.494 e. The maximum atomic E-state index is 12.5. The quantitative estimate of drug-likeness (QED) is 0.899. The van der Waals surface area contributed by atoms with Gasteiger partial charge in [-0.1, -0.05) is 0 Å². The van der Waals surface area contributed by atoms with Crippen molar-refractivity contribution in [2.75, 3.05) is 6.61 Å². The van der Waals surface area contributed by atoms with Crippen molar-refractivity contribution in [2.45, 2.75) is 13.1 Å². The first-order valence-electron chi connectivity index (χ1n) is 5.16. The van der Waals surface area contributed by atoms with Crippen LogP contribution in [0.25, 0.3) is 11.0 Å². The van der Waals surface area contributed by atoms with Crippen LogP contribution in [0, 0.1) is 0 Å². The maximum Gasteiger partial charge on any atom is 0.438 e. The molecule has 1 aromatic heterocycles. The molecule has 1 heterocycles. The van der Waals surface area contributed by atoms with E-state index in [1.807, 2.05) is 0 Å². The Morgan fingerprint density at radius 3 is 2.72 bits per heavy atom. The van der Waals surface area contributed by atoms with Gasteiger partial charge in [-0.2, -0.15) is 13.2 Å². The van der Waals surface area contributed by atoms with Gasteiger partial charge >= 0.3 is 6.18 Å². The summed E-state index contributed by atoms with van der Waals surface area (Å²) in [4.78, 5) is 16.7. The fraction of sp³-hybridized carbons (Fsp3) is 0.273. The van der Waals surface area contributed by atoms with Gasteiger partial charge in [0.15, 0.2) is 0 Å². The summed E-state index contributed by atoms with van der Waals surface area (Å²) in [6.45, 7) is 2.15. The number of ether oxygens (including phenoxy) is 1. The minimum Gasteiger partial charge on any atom is -0.494 e. The third-order valence-corrected chi connectivity index (χ3v) is 2.24. The van der Waals surface area contributed by atoms with Gasteiger partial charge in [-0.25, -0.2) is 4.98 Å². The van der Waals surface area contributed by atoms with Crippen molar-refractivity contribution in [2.24, 2.45) is 0 Å². The van der Waals surface area contributed by atoms with Crippen LogP contribution in [-0.4, -0.2) is 16.6 Å². The van der Waals surface area contributed by atoms with Gasteiger partial charge in [-0.3, -0.25) is 4.79 Å². The van der Waals surface area contributed by atoms with Crippen molar-refractivity contribution in [1.29, 1.82) is 0 Å². The second kappa shape index (κ2) is 4.32. The molecule has 1 N–H and O–H groups in total. The molecular weight excluding hydrogens is 249 g/mol.